The van der Waals surface area contributed by atoms with Crippen LogP contribution in [0.15, 0.2) is 30.6 Å². The number of ether oxygens (including phenoxy) is 1. The molecule has 3 rings (SSSR count). The molecule has 1 atom stereocenters. The van der Waals surface area contributed by atoms with Gasteiger partial charge >= 0.3 is 5.97 Å². The molecule has 2 heterocycles. The van der Waals surface area contributed by atoms with E-state index in [4.69, 9.17) is 16.3 Å². The second-order valence-electron chi connectivity index (χ2n) is 4.24. The van der Waals surface area contributed by atoms with Gasteiger partial charge in [0.05, 0.1) is 6.61 Å². The predicted molar refractivity (Wildman–Crippen MR) is 78.6 cm³/mol. The Morgan fingerprint density at radius 2 is 2.38 bits per heavy atom. The lowest BCUT2D eigenvalue weighted by Gasteiger charge is -2.13. The number of hydrogen-bond acceptors (Lipinski definition) is 6. The number of aromatic nitrogens is 4. The topological polar surface area (TPSA) is 69.4 Å². The molecule has 0 saturated carbocycles. The Morgan fingerprint density at radius 1 is 1.52 bits per heavy atom. The lowest BCUT2D eigenvalue weighted by molar-refractivity contribution is -0.143. The molecule has 0 saturated heterocycles. The number of halogens is 1. The van der Waals surface area contributed by atoms with Crippen LogP contribution in [0.2, 0.25) is 5.02 Å². The van der Waals surface area contributed by atoms with Crippen LogP contribution in [0.3, 0.4) is 0 Å². The Bertz CT molecular complexity index is 757. The Kier molecular flexibility index (Phi) is 3.85. The van der Waals surface area contributed by atoms with E-state index in [0.29, 0.717) is 21.6 Å². The fraction of sp³-hybridized carbons (Fsp3) is 0.231. The van der Waals surface area contributed by atoms with Crippen molar-refractivity contribution in [3.63, 3.8) is 0 Å². The van der Waals surface area contributed by atoms with Gasteiger partial charge in [0, 0.05) is 5.02 Å². The largest absolute Gasteiger partial charge is 0.465 e. The summed E-state index contributed by atoms with van der Waals surface area (Å²) in [5, 5.41) is 13.2. The minimum absolute atomic E-state index is 0.306. The lowest BCUT2D eigenvalue weighted by Crippen LogP contribution is -2.17. The van der Waals surface area contributed by atoms with Crippen molar-refractivity contribution in [2.75, 3.05) is 6.61 Å². The average Bonchev–Trinajstić information content (AvgIpc) is 3.00. The Balaban J connectivity index is 2.07. The number of carbonyl (C=O) groups is 1. The second-order valence-corrected chi connectivity index (χ2v) is 5.66. The molecule has 0 N–H and O–H groups in total. The Morgan fingerprint density at radius 3 is 3.10 bits per heavy atom. The molecule has 6 nitrogen and oxygen atoms in total. The maximum Gasteiger partial charge on any atom is 0.320 e. The summed E-state index contributed by atoms with van der Waals surface area (Å²) >= 11 is 7.32. The third kappa shape index (κ3) is 2.74. The quantitative estimate of drug-likeness (QED) is 0.690. The molecular weight excluding hydrogens is 312 g/mol. The summed E-state index contributed by atoms with van der Waals surface area (Å²) in [4.78, 5) is 12.9. The average molecular weight is 323 g/mol. The van der Waals surface area contributed by atoms with Crippen LogP contribution in [0.4, 0.5) is 0 Å². The highest BCUT2D eigenvalue weighted by Gasteiger charge is 2.28. The first-order valence-electron chi connectivity index (χ1n) is 6.28. The number of rotatable bonds is 4. The summed E-state index contributed by atoms with van der Waals surface area (Å²) < 4.78 is 6.70. The van der Waals surface area contributed by atoms with Crippen molar-refractivity contribution in [1.82, 2.24) is 19.8 Å². The first-order valence-corrected chi connectivity index (χ1v) is 7.47. The molecule has 3 aromatic rings. The van der Waals surface area contributed by atoms with Crippen LogP contribution in [-0.2, 0) is 9.53 Å². The van der Waals surface area contributed by atoms with Gasteiger partial charge in [0.15, 0.2) is 0 Å². The van der Waals surface area contributed by atoms with Gasteiger partial charge in [-0.15, -0.1) is 10.2 Å². The molecular formula is C13H11ClN4O2S. The van der Waals surface area contributed by atoms with E-state index < -0.39 is 5.92 Å². The highest BCUT2D eigenvalue weighted by molar-refractivity contribution is 7.16. The molecule has 2 aromatic heterocycles. The smallest absolute Gasteiger partial charge is 0.320 e. The van der Waals surface area contributed by atoms with E-state index in [1.165, 1.54) is 22.2 Å². The van der Waals surface area contributed by atoms with Crippen molar-refractivity contribution in [1.29, 1.82) is 0 Å². The molecule has 0 spiro atoms. The lowest BCUT2D eigenvalue weighted by atomic mass is 10.00. The normalized spacial score (nSPS) is 12.5. The maximum atomic E-state index is 12.3. The van der Waals surface area contributed by atoms with Gasteiger partial charge < -0.3 is 4.74 Å². The zero-order chi connectivity index (χ0) is 14.8. The molecule has 1 aromatic carbocycles. The van der Waals surface area contributed by atoms with E-state index in [-0.39, 0.29) is 5.97 Å². The van der Waals surface area contributed by atoms with Crippen LogP contribution in [-0.4, -0.2) is 32.4 Å². The van der Waals surface area contributed by atoms with Crippen molar-refractivity contribution in [2.45, 2.75) is 12.8 Å². The van der Waals surface area contributed by atoms with Crippen LogP contribution >= 0.6 is 22.9 Å². The fourth-order valence-electron chi connectivity index (χ4n) is 1.98. The highest BCUT2D eigenvalue weighted by Crippen LogP contribution is 2.30. The maximum absolute atomic E-state index is 12.3. The molecule has 8 heteroatoms. The molecule has 0 amide bonds. The zero-order valence-corrected chi connectivity index (χ0v) is 12.6. The predicted octanol–water partition coefficient (Wildman–Crippen LogP) is 2.53. The minimum Gasteiger partial charge on any atom is -0.465 e. The third-order valence-electron chi connectivity index (χ3n) is 2.85. The number of nitrogens with zero attached hydrogens (tertiary/aromatic N) is 4. The third-order valence-corrected chi connectivity index (χ3v) is 4.07. The van der Waals surface area contributed by atoms with Crippen molar-refractivity contribution in [3.8, 4) is 0 Å². The standard InChI is InChI=1S/C13H11ClN4O2S/c1-2-20-12(19)10(8-4-3-5-9(14)6-8)11-17-18-7-15-16-13(18)21-11/h3-7,10H,2H2,1H3. The van der Waals surface area contributed by atoms with Gasteiger partial charge in [-0.25, -0.2) is 0 Å². The van der Waals surface area contributed by atoms with E-state index in [1.807, 2.05) is 6.07 Å². The van der Waals surface area contributed by atoms with E-state index in [9.17, 15) is 4.79 Å². The zero-order valence-electron chi connectivity index (χ0n) is 11.1. The van der Waals surface area contributed by atoms with Crippen LogP contribution in [0, 0.1) is 0 Å². The van der Waals surface area contributed by atoms with Crippen LogP contribution in [0.1, 0.15) is 23.4 Å². The molecule has 1 unspecified atom stereocenters. The summed E-state index contributed by atoms with van der Waals surface area (Å²) in [6.45, 7) is 2.07. The summed E-state index contributed by atoms with van der Waals surface area (Å²) in [6.07, 6.45) is 1.50. The molecule has 0 aliphatic heterocycles. The molecule has 0 bridgehead atoms. The Hall–Kier alpha value is -1.99. The van der Waals surface area contributed by atoms with E-state index in [0.717, 1.165) is 5.56 Å². The highest BCUT2D eigenvalue weighted by atomic mass is 35.5. The van der Waals surface area contributed by atoms with Crippen LogP contribution in [0.5, 0.6) is 0 Å². The first kappa shape index (κ1) is 14.0. The minimum atomic E-state index is -0.615. The molecule has 0 fully saturated rings. The number of fused-ring (bicyclic) bond motifs is 1. The van der Waals surface area contributed by atoms with Crippen molar-refractivity contribution >= 4 is 33.9 Å². The van der Waals surface area contributed by atoms with E-state index >= 15 is 0 Å². The van der Waals surface area contributed by atoms with Gasteiger partial charge in [0.2, 0.25) is 4.96 Å². The Labute approximate surface area is 129 Å². The second kappa shape index (κ2) is 5.79. The number of benzene rings is 1. The number of carbonyl (C=O) groups excluding carboxylic acids is 1. The molecule has 0 aliphatic rings. The van der Waals surface area contributed by atoms with Gasteiger partial charge in [-0.3, -0.25) is 4.79 Å². The number of esters is 1. The van der Waals surface area contributed by atoms with Gasteiger partial charge in [-0.2, -0.15) is 9.61 Å². The van der Waals surface area contributed by atoms with Crippen molar-refractivity contribution in [3.05, 3.63) is 46.2 Å². The summed E-state index contributed by atoms with van der Waals surface area (Å²) in [5.74, 6) is -0.972. The molecule has 0 aliphatic carbocycles. The van der Waals surface area contributed by atoms with Gasteiger partial charge in [0.25, 0.3) is 0 Å². The molecule has 0 radical (unpaired) electrons. The summed E-state index contributed by atoms with van der Waals surface area (Å²) in [7, 11) is 0. The summed E-state index contributed by atoms with van der Waals surface area (Å²) in [5.41, 5.74) is 0.742. The fourth-order valence-corrected chi connectivity index (χ4v) is 3.12. The monoisotopic (exact) mass is 322 g/mol. The van der Waals surface area contributed by atoms with Gasteiger partial charge in [0.1, 0.15) is 17.3 Å². The molecule has 21 heavy (non-hydrogen) atoms. The SMILES string of the molecule is CCOC(=O)C(c1cccc(Cl)c1)c1nn2cnnc2s1. The molecule has 108 valence electrons. The van der Waals surface area contributed by atoms with E-state index in [1.54, 1.807) is 25.1 Å². The number of hydrogen-bond donors (Lipinski definition) is 0. The first-order chi connectivity index (χ1) is 10.2. The van der Waals surface area contributed by atoms with Gasteiger partial charge in [-0.05, 0) is 24.6 Å². The van der Waals surface area contributed by atoms with Crippen molar-refractivity contribution in [2.24, 2.45) is 0 Å². The van der Waals surface area contributed by atoms with Crippen LogP contribution in [0.25, 0.3) is 4.96 Å². The van der Waals surface area contributed by atoms with E-state index in [2.05, 4.69) is 15.3 Å². The van der Waals surface area contributed by atoms with Crippen molar-refractivity contribution < 1.29 is 9.53 Å². The summed E-state index contributed by atoms with van der Waals surface area (Å²) in [6, 6.07) is 7.12. The van der Waals surface area contributed by atoms with Gasteiger partial charge in [-0.1, -0.05) is 35.1 Å². The van der Waals surface area contributed by atoms with Crippen LogP contribution < -0.4 is 0 Å².